The Morgan fingerprint density at radius 2 is 1.66 bits per heavy atom. The molecule has 150 valence electrons. The molecule has 3 rings (SSSR count). The zero-order valence-electron chi connectivity index (χ0n) is 17.4. The van der Waals surface area contributed by atoms with Crippen LogP contribution in [-0.2, 0) is 29.0 Å². The van der Waals surface area contributed by atoms with Gasteiger partial charge in [0, 0.05) is 0 Å². The maximum atomic E-state index is 12.5. The van der Waals surface area contributed by atoms with E-state index >= 15 is 0 Å². The fraction of sp³-hybridized carbons (Fsp3) is 0.269. The summed E-state index contributed by atoms with van der Waals surface area (Å²) in [5.41, 5.74) is 5.65. The normalized spacial score (nSPS) is 10.6. The summed E-state index contributed by atoms with van der Waals surface area (Å²) in [5, 5.41) is 0. The molecule has 0 atom stereocenters. The number of aryl methyl sites for hydroxylation is 3. The van der Waals surface area contributed by atoms with Crippen LogP contribution in [-0.4, -0.2) is 5.97 Å². The van der Waals surface area contributed by atoms with Gasteiger partial charge in [-0.25, -0.2) is 0 Å². The molecule has 3 aromatic rings. The first-order valence-corrected chi connectivity index (χ1v) is 10.1. The van der Waals surface area contributed by atoms with Crippen molar-refractivity contribution in [3.05, 3.63) is 94.5 Å². The van der Waals surface area contributed by atoms with Gasteiger partial charge in [-0.2, -0.15) is 0 Å². The SMILES string of the molecule is CCCc1cc(C)cc(C)c1CC(=O)OCc1cccc(Oc2ccccc2)c1. The Kier molecular flexibility index (Phi) is 7.07. The van der Waals surface area contributed by atoms with E-state index in [1.54, 1.807) is 0 Å². The van der Waals surface area contributed by atoms with E-state index < -0.39 is 0 Å². The van der Waals surface area contributed by atoms with E-state index in [9.17, 15) is 4.79 Å². The lowest BCUT2D eigenvalue weighted by Gasteiger charge is -2.14. The molecule has 0 unspecified atom stereocenters. The van der Waals surface area contributed by atoms with Gasteiger partial charge in [-0.05, 0) is 66.8 Å². The monoisotopic (exact) mass is 388 g/mol. The minimum atomic E-state index is -0.205. The third-order valence-corrected chi connectivity index (χ3v) is 4.83. The van der Waals surface area contributed by atoms with Gasteiger partial charge in [0.05, 0.1) is 6.42 Å². The minimum absolute atomic E-state index is 0.205. The molecule has 3 nitrogen and oxygen atoms in total. The molecule has 0 saturated carbocycles. The maximum absolute atomic E-state index is 12.5. The Hall–Kier alpha value is -3.07. The molecule has 0 aromatic heterocycles. The average molecular weight is 389 g/mol. The second kappa shape index (κ2) is 9.92. The molecule has 0 heterocycles. The number of hydrogen-bond donors (Lipinski definition) is 0. The summed E-state index contributed by atoms with van der Waals surface area (Å²) >= 11 is 0. The minimum Gasteiger partial charge on any atom is -0.461 e. The number of ether oxygens (including phenoxy) is 2. The Morgan fingerprint density at radius 3 is 2.41 bits per heavy atom. The second-order valence-electron chi connectivity index (χ2n) is 7.37. The van der Waals surface area contributed by atoms with Gasteiger partial charge in [0.1, 0.15) is 18.1 Å². The highest BCUT2D eigenvalue weighted by atomic mass is 16.5. The van der Waals surface area contributed by atoms with Crippen molar-refractivity contribution in [1.29, 1.82) is 0 Å². The second-order valence-corrected chi connectivity index (χ2v) is 7.37. The number of benzene rings is 3. The van der Waals surface area contributed by atoms with Gasteiger partial charge in [0.2, 0.25) is 0 Å². The first-order chi connectivity index (χ1) is 14.0. The van der Waals surface area contributed by atoms with E-state index in [1.165, 1.54) is 11.1 Å². The maximum Gasteiger partial charge on any atom is 0.310 e. The zero-order chi connectivity index (χ0) is 20.6. The van der Waals surface area contributed by atoms with Crippen LogP contribution in [0.4, 0.5) is 0 Å². The van der Waals surface area contributed by atoms with Gasteiger partial charge in [-0.15, -0.1) is 0 Å². The summed E-state index contributed by atoms with van der Waals surface area (Å²) < 4.78 is 11.4. The van der Waals surface area contributed by atoms with Crippen LogP contribution in [0.3, 0.4) is 0 Å². The molecule has 0 aliphatic heterocycles. The van der Waals surface area contributed by atoms with Gasteiger partial charge in [-0.3, -0.25) is 4.79 Å². The van der Waals surface area contributed by atoms with E-state index in [1.807, 2.05) is 54.6 Å². The van der Waals surface area contributed by atoms with Gasteiger partial charge in [0.25, 0.3) is 0 Å². The van der Waals surface area contributed by atoms with Crippen molar-refractivity contribution in [2.24, 2.45) is 0 Å². The molecule has 0 radical (unpaired) electrons. The molecule has 0 bridgehead atoms. The van der Waals surface area contributed by atoms with Crippen LogP contribution in [0.1, 0.15) is 41.2 Å². The number of carbonyl (C=O) groups is 1. The van der Waals surface area contributed by atoms with Crippen molar-refractivity contribution in [2.75, 3.05) is 0 Å². The van der Waals surface area contributed by atoms with Gasteiger partial charge in [0.15, 0.2) is 0 Å². The largest absolute Gasteiger partial charge is 0.461 e. The quantitative estimate of drug-likeness (QED) is 0.423. The van der Waals surface area contributed by atoms with Crippen LogP contribution in [0, 0.1) is 13.8 Å². The van der Waals surface area contributed by atoms with Crippen LogP contribution in [0.15, 0.2) is 66.7 Å². The van der Waals surface area contributed by atoms with Crippen molar-refractivity contribution in [1.82, 2.24) is 0 Å². The summed E-state index contributed by atoms with van der Waals surface area (Å²) in [6, 6.07) is 21.6. The molecular formula is C26H28O3. The topological polar surface area (TPSA) is 35.5 Å². The number of esters is 1. The van der Waals surface area contributed by atoms with Crippen molar-refractivity contribution in [3.63, 3.8) is 0 Å². The highest BCUT2D eigenvalue weighted by Gasteiger charge is 2.13. The molecule has 0 amide bonds. The van der Waals surface area contributed by atoms with Crippen molar-refractivity contribution in [3.8, 4) is 11.5 Å². The molecule has 0 aliphatic rings. The van der Waals surface area contributed by atoms with Crippen LogP contribution >= 0.6 is 0 Å². The van der Waals surface area contributed by atoms with Crippen LogP contribution < -0.4 is 4.74 Å². The van der Waals surface area contributed by atoms with E-state index in [4.69, 9.17) is 9.47 Å². The average Bonchev–Trinajstić information content (AvgIpc) is 2.70. The standard InChI is InChI=1S/C26H28O3/c1-4-9-22-15-19(2)14-20(3)25(22)17-26(27)28-18-21-10-8-13-24(16-21)29-23-11-6-5-7-12-23/h5-8,10-16H,4,9,17-18H2,1-3H3. The Morgan fingerprint density at radius 1 is 0.897 bits per heavy atom. The smallest absolute Gasteiger partial charge is 0.310 e. The lowest BCUT2D eigenvalue weighted by atomic mass is 9.94. The Labute approximate surface area is 173 Å². The number of rotatable bonds is 8. The lowest BCUT2D eigenvalue weighted by molar-refractivity contribution is -0.144. The molecule has 3 heteroatoms. The molecular weight excluding hydrogens is 360 g/mol. The molecule has 0 saturated heterocycles. The first-order valence-electron chi connectivity index (χ1n) is 10.1. The third-order valence-electron chi connectivity index (χ3n) is 4.83. The van der Waals surface area contributed by atoms with Gasteiger partial charge < -0.3 is 9.47 Å². The van der Waals surface area contributed by atoms with E-state index in [0.29, 0.717) is 6.42 Å². The number of para-hydroxylation sites is 1. The molecule has 0 N–H and O–H groups in total. The summed E-state index contributed by atoms with van der Waals surface area (Å²) in [7, 11) is 0. The van der Waals surface area contributed by atoms with Crippen molar-refractivity contribution >= 4 is 5.97 Å². The van der Waals surface area contributed by atoms with E-state index in [0.717, 1.165) is 41.0 Å². The predicted octanol–water partition coefficient (Wildman–Crippen LogP) is 6.33. The van der Waals surface area contributed by atoms with E-state index in [2.05, 4.69) is 32.9 Å². The molecule has 0 fully saturated rings. The van der Waals surface area contributed by atoms with Crippen molar-refractivity contribution < 1.29 is 14.3 Å². The molecule has 0 spiro atoms. The summed E-state index contributed by atoms with van der Waals surface area (Å²) in [5.74, 6) is 1.30. The van der Waals surface area contributed by atoms with Gasteiger partial charge in [-0.1, -0.05) is 61.4 Å². The molecule has 29 heavy (non-hydrogen) atoms. The fourth-order valence-corrected chi connectivity index (χ4v) is 3.51. The fourth-order valence-electron chi connectivity index (χ4n) is 3.51. The van der Waals surface area contributed by atoms with Crippen LogP contribution in [0.5, 0.6) is 11.5 Å². The Balaban J connectivity index is 1.62. The summed E-state index contributed by atoms with van der Waals surface area (Å²) in [4.78, 5) is 12.5. The number of hydrogen-bond acceptors (Lipinski definition) is 3. The highest BCUT2D eigenvalue weighted by Crippen LogP contribution is 2.23. The van der Waals surface area contributed by atoms with Crippen LogP contribution in [0.25, 0.3) is 0 Å². The zero-order valence-corrected chi connectivity index (χ0v) is 17.4. The first kappa shape index (κ1) is 20.7. The lowest BCUT2D eigenvalue weighted by Crippen LogP contribution is -2.11. The molecule has 0 aliphatic carbocycles. The summed E-state index contributed by atoms with van der Waals surface area (Å²) in [6.07, 6.45) is 2.34. The van der Waals surface area contributed by atoms with Crippen molar-refractivity contribution in [2.45, 2.75) is 46.6 Å². The Bertz CT molecular complexity index is 961. The third kappa shape index (κ3) is 5.95. The van der Waals surface area contributed by atoms with Gasteiger partial charge >= 0.3 is 5.97 Å². The van der Waals surface area contributed by atoms with E-state index in [-0.39, 0.29) is 12.6 Å². The molecule has 3 aromatic carbocycles. The summed E-state index contributed by atoms with van der Waals surface area (Å²) in [6.45, 7) is 6.56. The predicted molar refractivity (Wildman–Crippen MR) is 116 cm³/mol. The highest BCUT2D eigenvalue weighted by molar-refractivity contribution is 5.73. The number of carbonyl (C=O) groups excluding carboxylic acids is 1. The van der Waals surface area contributed by atoms with Crippen LogP contribution in [0.2, 0.25) is 0 Å².